The summed E-state index contributed by atoms with van der Waals surface area (Å²) in [5.74, 6) is 1.36. The van der Waals surface area contributed by atoms with Gasteiger partial charge in [-0.1, -0.05) is 12.1 Å². The number of rotatable bonds is 9. The molecule has 0 saturated carbocycles. The molecule has 3 rings (SSSR count). The van der Waals surface area contributed by atoms with Gasteiger partial charge in [0.05, 0.1) is 0 Å². The fraction of sp³-hybridized carbons (Fsp3) is 0.391. The number of thioether (sulfide) groups is 1. The van der Waals surface area contributed by atoms with E-state index in [0.29, 0.717) is 13.2 Å². The van der Waals surface area contributed by atoms with Gasteiger partial charge in [-0.2, -0.15) is 0 Å². The molecule has 0 aromatic heterocycles. The molecule has 1 aliphatic rings. The Balaban J connectivity index is 1.36. The molecule has 1 saturated heterocycles. The minimum Gasteiger partial charge on any atom is -0.368 e. The maximum absolute atomic E-state index is 12.9. The molecule has 166 valence electrons. The molecular formula is C23H29FN4O2S. The first-order chi connectivity index (χ1) is 15.1. The fourth-order valence-corrected chi connectivity index (χ4v) is 4.03. The Morgan fingerprint density at radius 3 is 2.81 bits per heavy atom. The first kappa shape index (κ1) is 23.1. The predicted molar refractivity (Wildman–Crippen MR) is 124 cm³/mol. The molecule has 1 fully saturated rings. The van der Waals surface area contributed by atoms with Gasteiger partial charge in [0.15, 0.2) is 5.96 Å². The number of hydrogen-bond acceptors (Lipinski definition) is 4. The van der Waals surface area contributed by atoms with Gasteiger partial charge in [-0.15, -0.1) is 11.8 Å². The van der Waals surface area contributed by atoms with E-state index >= 15 is 0 Å². The van der Waals surface area contributed by atoms with Crippen molar-refractivity contribution in [2.24, 2.45) is 4.99 Å². The van der Waals surface area contributed by atoms with Gasteiger partial charge in [-0.05, 0) is 67.0 Å². The molecule has 1 aliphatic heterocycles. The topological polar surface area (TPSA) is 74.8 Å². The largest absolute Gasteiger partial charge is 0.368 e. The second-order valence-electron chi connectivity index (χ2n) is 7.20. The highest BCUT2D eigenvalue weighted by Gasteiger charge is 2.23. The lowest BCUT2D eigenvalue weighted by Crippen LogP contribution is -2.37. The molecule has 1 atom stereocenters. The average molecular weight is 445 g/mol. The van der Waals surface area contributed by atoms with E-state index < -0.39 is 0 Å². The summed E-state index contributed by atoms with van der Waals surface area (Å²) in [5, 5.41) is 9.52. The summed E-state index contributed by atoms with van der Waals surface area (Å²) in [7, 11) is 1.74. The normalized spacial score (nSPS) is 16.2. The maximum atomic E-state index is 12.9. The molecule has 1 heterocycles. The van der Waals surface area contributed by atoms with Crippen molar-refractivity contribution in [2.45, 2.75) is 36.8 Å². The zero-order valence-electron chi connectivity index (χ0n) is 17.7. The summed E-state index contributed by atoms with van der Waals surface area (Å²) in [6.07, 6.45) is 2.32. The minimum absolute atomic E-state index is 0.0846. The van der Waals surface area contributed by atoms with E-state index in [-0.39, 0.29) is 17.8 Å². The number of guanidine groups is 1. The lowest BCUT2D eigenvalue weighted by Gasteiger charge is -2.14. The van der Waals surface area contributed by atoms with Gasteiger partial charge >= 0.3 is 0 Å². The standard InChI is InChI=1S/C23H29FN4O2S/c1-25-23(26-12-4-14-31-20-10-8-18(24)9-11-20)27-16-17-5-2-6-19(15-17)28-22(29)21-7-3-13-30-21/h2,5-6,8-11,15,21H,3-4,7,12-14,16H2,1H3,(H,28,29)(H2,25,26,27). The number of nitrogens with one attached hydrogen (secondary N) is 3. The number of nitrogens with zero attached hydrogens (tertiary/aromatic N) is 1. The van der Waals surface area contributed by atoms with Gasteiger partial charge in [0.25, 0.3) is 5.91 Å². The Labute approximate surface area is 187 Å². The van der Waals surface area contributed by atoms with E-state index in [2.05, 4.69) is 20.9 Å². The number of carbonyl (C=O) groups is 1. The van der Waals surface area contributed by atoms with Crippen LogP contribution in [-0.2, 0) is 16.1 Å². The molecule has 2 aromatic rings. The summed E-state index contributed by atoms with van der Waals surface area (Å²) >= 11 is 1.70. The van der Waals surface area contributed by atoms with E-state index in [1.807, 2.05) is 24.3 Å². The van der Waals surface area contributed by atoms with Crippen molar-refractivity contribution in [3.05, 3.63) is 59.9 Å². The van der Waals surface area contributed by atoms with Gasteiger partial charge in [-0.25, -0.2) is 4.39 Å². The minimum atomic E-state index is -0.342. The van der Waals surface area contributed by atoms with Crippen LogP contribution in [0.15, 0.2) is 58.4 Å². The Kier molecular flexibility index (Phi) is 9.17. The zero-order valence-corrected chi connectivity index (χ0v) is 18.5. The lowest BCUT2D eigenvalue weighted by molar-refractivity contribution is -0.124. The van der Waals surface area contributed by atoms with Crippen molar-refractivity contribution in [1.29, 1.82) is 0 Å². The van der Waals surface area contributed by atoms with Crippen LogP contribution in [0.1, 0.15) is 24.8 Å². The molecule has 0 aliphatic carbocycles. The van der Waals surface area contributed by atoms with Gasteiger partial charge in [0.2, 0.25) is 0 Å². The molecule has 1 amide bonds. The van der Waals surface area contributed by atoms with E-state index in [9.17, 15) is 9.18 Å². The highest BCUT2D eigenvalue weighted by atomic mass is 32.2. The van der Waals surface area contributed by atoms with Crippen LogP contribution in [0.2, 0.25) is 0 Å². The molecule has 0 radical (unpaired) electrons. The number of aliphatic imine (C=N–C) groups is 1. The number of ether oxygens (including phenoxy) is 1. The molecule has 8 heteroatoms. The highest BCUT2D eigenvalue weighted by molar-refractivity contribution is 7.99. The zero-order chi connectivity index (χ0) is 21.9. The number of amides is 1. The van der Waals surface area contributed by atoms with E-state index in [0.717, 1.165) is 53.7 Å². The summed E-state index contributed by atoms with van der Waals surface area (Å²) in [4.78, 5) is 17.5. The average Bonchev–Trinajstić information content (AvgIpc) is 3.32. The molecule has 2 aromatic carbocycles. The molecule has 0 bridgehead atoms. The number of halogens is 1. The van der Waals surface area contributed by atoms with Crippen LogP contribution in [0.3, 0.4) is 0 Å². The van der Waals surface area contributed by atoms with Crippen LogP contribution in [0.4, 0.5) is 10.1 Å². The van der Waals surface area contributed by atoms with Gasteiger partial charge in [-0.3, -0.25) is 9.79 Å². The van der Waals surface area contributed by atoms with Crippen molar-refractivity contribution >= 4 is 29.3 Å². The smallest absolute Gasteiger partial charge is 0.253 e. The summed E-state index contributed by atoms with van der Waals surface area (Å²) in [6, 6.07) is 14.3. The van der Waals surface area contributed by atoms with Gasteiger partial charge in [0.1, 0.15) is 11.9 Å². The van der Waals surface area contributed by atoms with Gasteiger partial charge in [0, 0.05) is 37.3 Å². The number of anilines is 1. The summed E-state index contributed by atoms with van der Waals surface area (Å²) in [6.45, 7) is 2.03. The third kappa shape index (κ3) is 7.88. The van der Waals surface area contributed by atoms with Crippen LogP contribution >= 0.6 is 11.8 Å². The Morgan fingerprint density at radius 1 is 1.23 bits per heavy atom. The molecular weight excluding hydrogens is 415 g/mol. The number of benzene rings is 2. The molecule has 31 heavy (non-hydrogen) atoms. The van der Waals surface area contributed by atoms with Crippen molar-refractivity contribution in [3.8, 4) is 0 Å². The van der Waals surface area contributed by atoms with Crippen LogP contribution in [0.5, 0.6) is 0 Å². The van der Waals surface area contributed by atoms with Crippen molar-refractivity contribution < 1.29 is 13.9 Å². The van der Waals surface area contributed by atoms with E-state index in [1.54, 1.807) is 30.9 Å². The second-order valence-corrected chi connectivity index (χ2v) is 8.37. The first-order valence-electron chi connectivity index (χ1n) is 10.5. The SMILES string of the molecule is CN=C(NCCCSc1ccc(F)cc1)NCc1cccc(NC(=O)C2CCCO2)c1. The highest BCUT2D eigenvalue weighted by Crippen LogP contribution is 2.18. The quantitative estimate of drug-likeness (QED) is 0.238. The van der Waals surface area contributed by atoms with E-state index in [1.165, 1.54) is 12.1 Å². The summed E-state index contributed by atoms with van der Waals surface area (Å²) in [5.41, 5.74) is 1.81. The predicted octanol–water partition coefficient (Wildman–Crippen LogP) is 3.79. The maximum Gasteiger partial charge on any atom is 0.253 e. The molecule has 3 N–H and O–H groups in total. The van der Waals surface area contributed by atoms with Crippen molar-refractivity contribution in [1.82, 2.24) is 10.6 Å². The first-order valence-corrected chi connectivity index (χ1v) is 11.5. The number of carbonyl (C=O) groups excluding carboxylic acids is 1. The van der Waals surface area contributed by atoms with Crippen LogP contribution < -0.4 is 16.0 Å². The Bertz CT molecular complexity index is 870. The third-order valence-electron chi connectivity index (χ3n) is 4.80. The lowest BCUT2D eigenvalue weighted by atomic mass is 10.2. The van der Waals surface area contributed by atoms with Crippen molar-refractivity contribution in [2.75, 3.05) is 31.3 Å². The molecule has 1 unspecified atom stereocenters. The van der Waals surface area contributed by atoms with E-state index in [4.69, 9.17) is 4.74 Å². The fourth-order valence-electron chi connectivity index (χ4n) is 3.17. The molecule has 0 spiro atoms. The Morgan fingerprint density at radius 2 is 2.06 bits per heavy atom. The monoisotopic (exact) mass is 444 g/mol. The summed E-state index contributed by atoms with van der Waals surface area (Å²) < 4.78 is 18.4. The van der Waals surface area contributed by atoms with Crippen LogP contribution in [-0.4, -0.2) is 43.9 Å². The second kappa shape index (κ2) is 12.3. The van der Waals surface area contributed by atoms with Crippen LogP contribution in [0.25, 0.3) is 0 Å². The Hall–Kier alpha value is -2.58. The van der Waals surface area contributed by atoms with Crippen LogP contribution in [0, 0.1) is 5.82 Å². The number of hydrogen-bond donors (Lipinski definition) is 3. The molecule has 6 nitrogen and oxygen atoms in total. The van der Waals surface area contributed by atoms with Crippen molar-refractivity contribution in [3.63, 3.8) is 0 Å². The third-order valence-corrected chi connectivity index (χ3v) is 5.89. The van der Waals surface area contributed by atoms with Gasteiger partial charge < -0.3 is 20.7 Å².